The number of pyridine rings is 1. The zero-order valence-electron chi connectivity index (χ0n) is 14.8. The summed E-state index contributed by atoms with van der Waals surface area (Å²) >= 11 is 0. The molecule has 29 heavy (non-hydrogen) atoms. The van der Waals surface area contributed by atoms with Crippen LogP contribution in [0, 0.1) is 5.82 Å². The van der Waals surface area contributed by atoms with Crippen molar-refractivity contribution in [2.75, 3.05) is 13.1 Å². The summed E-state index contributed by atoms with van der Waals surface area (Å²) in [5, 5.41) is 6.67. The smallest absolute Gasteiger partial charge is 0.421 e. The molecule has 2 aromatic heterocycles. The van der Waals surface area contributed by atoms with E-state index in [1.165, 1.54) is 35.4 Å². The number of carbonyl (C=O) groups is 1. The molecule has 0 aliphatic carbocycles. The Hall–Kier alpha value is -3.43. The molecule has 3 aromatic rings. The minimum absolute atomic E-state index is 0.123. The van der Waals surface area contributed by atoms with Crippen LogP contribution in [-0.2, 0) is 6.18 Å². The fourth-order valence-electron chi connectivity index (χ4n) is 2.91. The maximum Gasteiger partial charge on any atom is 0.421 e. The van der Waals surface area contributed by atoms with Crippen molar-refractivity contribution >= 4 is 5.91 Å². The standard InChI is InChI=1S/C19H14F4N4O2/c20-12-5-3-11(4-6-12)15-8-16(26-25-15)18(28)27-9-13(10-27)29-17-14(19(21,22)23)2-1-7-24-17/h1-8,13H,9-10H2,(H,25,26). The number of aromatic amines is 1. The van der Waals surface area contributed by atoms with Gasteiger partial charge >= 0.3 is 6.18 Å². The number of nitrogens with one attached hydrogen (secondary N) is 1. The highest BCUT2D eigenvalue weighted by molar-refractivity contribution is 5.94. The number of H-pyrrole nitrogens is 1. The second-order valence-corrected chi connectivity index (χ2v) is 6.48. The third-order valence-corrected chi connectivity index (χ3v) is 4.44. The maximum absolute atomic E-state index is 13.0. The largest absolute Gasteiger partial charge is 0.470 e. The zero-order chi connectivity index (χ0) is 20.6. The van der Waals surface area contributed by atoms with Crippen molar-refractivity contribution in [2.24, 2.45) is 0 Å². The monoisotopic (exact) mass is 406 g/mol. The molecule has 1 N–H and O–H groups in total. The molecule has 0 radical (unpaired) electrons. The molecular weight excluding hydrogens is 392 g/mol. The summed E-state index contributed by atoms with van der Waals surface area (Å²) in [5.41, 5.74) is 0.380. The van der Waals surface area contributed by atoms with Gasteiger partial charge in [0.25, 0.3) is 5.91 Å². The Morgan fingerprint density at radius 3 is 2.59 bits per heavy atom. The van der Waals surface area contributed by atoms with Gasteiger partial charge in [0.15, 0.2) is 0 Å². The molecule has 6 nitrogen and oxygen atoms in total. The lowest BCUT2D eigenvalue weighted by atomic mass is 10.1. The van der Waals surface area contributed by atoms with Crippen LogP contribution in [0.1, 0.15) is 16.1 Å². The van der Waals surface area contributed by atoms with Crippen LogP contribution >= 0.6 is 0 Å². The molecule has 0 bridgehead atoms. The number of rotatable bonds is 4. The number of benzene rings is 1. The van der Waals surface area contributed by atoms with Gasteiger partial charge in [-0.1, -0.05) is 0 Å². The van der Waals surface area contributed by atoms with Crippen LogP contribution in [0.5, 0.6) is 5.88 Å². The first kappa shape index (κ1) is 18.9. The lowest BCUT2D eigenvalue weighted by molar-refractivity contribution is -0.140. The van der Waals surface area contributed by atoms with E-state index in [1.807, 2.05) is 0 Å². The minimum atomic E-state index is -4.57. The van der Waals surface area contributed by atoms with Crippen molar-refractivity contribution in [1.29, 1.82) is 0 Å². The van der Waals surface area contributed by atoms with E-state index in [-0.39, 0.29) is 30.5 Å². The molecule has 1 aliphatic rings. The van der Waals surface area contributed by atoms with Crippen LogP contribution < -0.4 is 4.74 Å². The summed E-state index contributed by atoms with van der Waals surface area (Å²) in [5.74, 6) is -1.24. The summed E-state index contributed by atoms with van der Waals surface area (Å²) in [6, 6.07) is 9.26. The van der Waals surface area contributed by atoms with Gasteiger partial charge < -0.3 is 9.64 Å². The van der Waals surface area contributed by atoms with E-state index >= 15 is 0 Å². The molecule has 1 aliphatic heterocycles. The number of nitrogens with zero attached hydrogens (tertiary/aromatic N) is 3. The Morgan fingerprint density at radius 1 is 1.17 bits per heavy atom. The fourth-order valence-corrected chi connectivity index (χ4v) is 2.91. The van der Waals surface area contributed by atoms with Gasteiger partial charge in [0.2, 0.25) is 5.88 Å². The van der Waals surface area contributed by atoms with Crippen molar-refractivity contribution in [1.82, 2.24) is 20.1 Å². The van der Waals surface area contributed by atoms with Gasteiger partial charge in [0, 0.05) is 11.8 Å². The van der Waals surface area contributed by atoms with E-state index in [4.69, 9.17) is 4.74 Å². The molecular formula is C19H14F4N4O2. The number of ether oxygens (including phenoxy) is 1. The molecule has 0 atom stereocenters. The molecule has 4 rings (SSSR count). The third kappa shape index (κ3) is 3.91. The fraction of sp³-hybridized carbons (Fsp3) is 0.211. The van der Waals surface area contributed by atoms with Crippen LogP contribution in [-0.4, -0.2) is 45.2 Å². The molecule has 10 heteroatoms. The number of amides is 1. The number of hydrogen-bond donors (Lipinski definition) is 1. The molecule has 0 unspecified atom stereocenters. The summed E-state index contributed by atoms with van der Waals surface area (Å²) in [7, 11) is 0. The number of aromatic nitrogens is 3. The Kier molecular flexibility index (Phi) is 4.69. The SMILES string of the molecule is O=C(c1cc(-c2ccc(F)cc2)n[nH]1)N1CC(Oc2ncccc2C(F)(F)F)C1. The van der Waals surface area contributed by atoms with Crippen LogP contribution in [0.2, 0.25) is 0 Å². The number of likely N-dealkylation sites (tertiary alicyclic amines) is 1. The molecule has 1 amide bonds. The number of halogens is 4. The highest BCUT2D eigenvalue weighted by Gasteiger charge is 2.38. The Labute approximate surface area is 162 Å². The van der Waals surface area contributed by atoms with E-state index in [1.54, 1.807) is 12.1 Å². The zero-order valence-corrected chi connectivity index (χ0v) is 14.8. The first-order valence-corrected chi connectivity index (χ1v) is 8.61. The quantitative estimate of drug-likeness (QED) is 0.673. The number of alkyl halides is 3. The molecule has 0 saturated carbocycles. The van der Waals surface area contributed by atoms with E-state index < -0.39 is 23.7 Å². The van der Waals surface area contributed by atoms with Gasteiger partial charge in [-0.3, -0.25) is 9.89 Å². The van der Waals surface area contributed by atoms with Gasteiger partial charge in [-0.05, 0) is 42.5 Å². The molecule has 1 saturated heterocycles. The van der Waals surface area contributed by atoms with E-state index in [0.717, 1.165) is 6.07 Å². The van der Waals surface area contributed by atoms with Gasteiger partial charge in [-0.2, -0.15) is 18.3 Å². The van der Waals surface area contributed by atoms with Crippen molar-refractivity contribution < 1.29 is 27.1 Å². The Balaban J connectivity index is 1.38. The highest BCUT2D eigenvalue weighted by atomic mass is 19.4. The van der Waals surface area contributed by atoms with E-state index in [0.29, 0.717) is 11.3 Å². The van der Waals surface area contributed by atoms with Crippen LogP contribution in [0.15, 0.2) is 48.7 Å². The average molecular weight is 406 g/mol. The van der Waals surface area contributed by atoms with Crippen molar-refractivity contribution in [3.05, 3.63) is 65.7 Å². The van der Waals surface area contributed by atoms with Gasteiger partial charge in [0.05, 0.1) is 18.8 Å². The maximum atomic E-state index is 13.0. The topological polar surface area (TPSA) is 71.1 Å². The van der Waals surface area contributed by atoms with Crippen LogP contribution in [0.3, 0.4) is 0 Å². The summed E-state index contributed by atoms with van der Waals surface area (Å²) in [4.78, 5) is 17.6. The Bertz CT molecular complexity index is 1030. The second kappa shape index (κ2) is 7.19. The molecule has 3 heterocycles. The number of carbonyl (C=O) groups excluding carboxylic acids is 1. The highest BCUT2D eigenvalue weighted by Crippen LogP contribution is 2.35. The molecule has 150 valence electrons. The first-order valence-electron chi connectivity index (χ1n) is 8.61. The van der Waals surface area contributed by atoms with E-state index in [2.05, 4.69) is 15.2 Å². The summed E-state index contributed by atoms with van der Waals surface area (Å²) < 4.78 is 57.3. The molecule has 1 fully saturated rings. The van der Waals surface area contributed by atoms with E-state index in [9.17, 15) is 22.4 Å². The molecule has 0 spiro atoms. The summed E-state index contributed by atoms with van der Waals surface area (Å²) in [6.07, 6.45) is -3.95. The van der Waals surface area contributed by atoms with Gasteiger partial charge in [-0.25, -0.2) is 9.37 Å². The second-order valence-electron chi connectivity index (χ2n) is 6.48. The third-order valence-electron chi connectivity index (χ3n) is 4.44. The Morgan fingerprint density at radius 2 is 1.90 bits per heavy atom. The normalized spacial score (nSPS) is 14.6. The van der Waals surface area contributed by atoms with Crippen LogP contribution in [0.4, 0.5) is 17.6 Å². The van der Waals surface area contributed by atoms with Crippen molar-refractivity contribution in [2.45, 2.75) is 12.3 Å². The lowest BCUT2D eigenvalue weighted by Crippen LogP contribution is -2.56. The lowest BCUT2D eigenvalue weighted by Gasteiger charge is -2.38. The molecule has 1 aromatic carbocycles. The minimum Gasteiger partial charge on any atom is -0.470 e. The predicted molar refractivity (Wildman–Crippen MR) is 93.5 cm³/mol. The average Bonchev–Trinajstić information content (AvgIpc) is 3.14. The van der Waals surface area contributed by atoms with Crippen molar-refractivity contribution in [3.63, 3.8) is 0 Å². The predicted octanol–water partition coefficient (Wildman–Crippen LogP) is 3.53. The summed E-state index contributed by atoms with van der Waals surface area (Å²) in [6.45, 7) is 0.245. The van der Waals surface area contributed by atoms with Gasteiger partial charge in [-0.15, -0.1) is 0 Å². The van der Waals surface area contributed by atoms with Gasteiger partial charge in [0.1, 0.15) is 23.2 Å². The first-order chi connectivity index (χ1) is 13.8. The number of hydrogen-bond acceptors (Lipinski definition) is 4. The van der Waals surface area contributed by atoms with Crippen molar-refractivity contribution in [3.8, 4) is 17.1 Å². The van der Waals surface area contributed by atoms with Crippen LogP contribution in [0.25, 0.3) is 11.3 Å².